The van der Waals surface area contributed by atoms with Crippen LogP contribution in [-0.2, 0) is 20.8 Å². The van der Waals surface area contributed by atoms with Crippen LogP contribution < -0.4 is 5.73 Å². The number of hydrogen-bond acceptors (Lipinski definition) is 6. The highest BCUT2D eigenvalue weighted by atomic mass is 32.2. The van der Waals surface area contributed by atoms with Gasteiger partial charge in [-0.2, -0.15) is 4.98 Å². The van der Waals surface area contributed by atoms with E-state index in [1.165, 1.54) is 0 Å². The van der Waals surface area contributed by atoms with Crippen LogP contribution in [0.5, 0.6) is 0 Å². The van der Waals surface area contributed by atoms with Crippen LogP contribution in [0.4, 0.5) is 0 Å². The van der Waals surface area contributed by atoms with Crippen molar-refractivity contribution < 1.29 is 12.9 Å². The van der Waals surface area contributed by atoms with Crippen LogP contribution in [0, 0.1) is 0 Å². The van der Waals surface area contributed by atoms with E-state index in [2.05, 4.69) is 10.1 Å². The zero-order valence-corrected chi connectivity index (χ0v) is 11.0. The summed E-state index contributed by atoms with van der Waals surface area (Å²) in [4.78, 5) is 4.23. The second kappa shape index (κ2) is 3.52. The molecule has 0 spiro atoms. The van der Waals surface area contributed by atoms with Gasteiger partial charge in [-0.1, -0.05) is 25.9 Å². The fourth-order valence-corrected chi connectivity index (χ4v) is 3.66. The smallest absolute Gasteiger partial charge is 0.232 e. The second-order valence-electron chi connectivity index (χ2n) is 5.67. The van der Waals surface area contributed by atoms with Crippen molar-refractivity contribution in [2.24, 2.45) is 5.73 Å². The molecule has 7 heteroatoms. The van der Waals surface area contributed by atoms with E-state index < -0.39 is 15.4 Å². The Morgan fingerprint density at radius 2 is 2.06 bits per heavy atom. The van der Waals surface area contributed by atoms with Crippen molar-refractivity contribution in [3.8, 4) is 0 Å². The molecule has 6 nitrogen and oxygen atoms in total. The van der Waals surface area contributed by atoms with Gasteiger partial charge >= 0.3 is 0 Å². The summed E-state index contributed by atoms with van der Waals surface area (Å²) in [6.07, 6.45) is 0.346. The maximum atomic E-state index is 11.5. The monoisotopic (exact) mass is 259 g/mol. The Morgan fingerprint density at radius 3 is 2.47 bits per heavy atom. The summed E-state index contributed by atoms with van der Waals surface area (Å²) in [5.41, 5.74) is 4.79. The lowest BCUT2D eigenvalue weighted by molar-refractivity contribution is 0.312. The van der Waals surface area contributed by atoms with Crippen molar-refractivity contribution in [3.05, 3.63) is 11.7 Å². The van der Waals surface area contributed by atoms with Crippen LogP contribution in [0.15, 0.2) is 4.52 Å². The molecule has 17 heavy (non-hydrogen) atoms. The first-order valence-corrected chi connectivity index (χ1v) is 7.29. The van der Waals surface area contributed by atoms with Crippen LogP contribution in [-0.4, -0.2) is 30.1 Å². The molecule has 1 aliphatic rings. The van der Waals surface area contributed by atoms with Crippen molar-refractivity contribution in [3.63, 3.8) is 0 Å². The zero-order chi connectivity index (χ0) is 12.9. The van der Waals surface area contributed by atoms with Crippen molar-refractivity contribution in [1.29, 1.82) is 0 Å². The van der Waals surface area contributed by atoms with E-state index in [0.717, 1.165) is 0 Å². The highest BCUT2D eigenvalue weighted by molar-refractivity contribution is 7.91. The third-order valence-electron chi connectivity index (χ3n) is 2.85. The maximum absolute atomic E-state index is 11.5. The molecule has 0 saturated carbocycles. The summed E-state index contributed by atoms with van der Waals surface area (Å²) in [6, 6.07) is 0. The third kappa shape index (κ3) is 2.35. The Labute approximate surface area is 100 Å². The summed E-state index contributed by atoms with van der Waals surface area (Å²) in [5, 5.41) is 3.83. The summed E-state index contributed by atoms with van der Waals surface area (Å²) >= 11 is 0. The fourth-order valence-electron chi connectivity index (χ4n) is 1.78. The van der Waals surface area contributed by atoms with Crippen LogP contribution in [0.25, 0.3) is 0 Å². The van der Waals surface area contributed by atoms with Gasteiger partial charge in [0.25, 0.3) is 0 Å². The molecule has 96 valence electrons. The SMILES string of the molecule is CC(C)(C)c1nc(C2(N)CCS(=O)(=O)C2)no1. The van der Waals surface area contributed by atoms with E-state index in [9.17, 15) is 8.42 Å². The minimum atomic E-state index is -3.07. The molecule has 1 aromatic rings. The lowest BCUT2D eigenvalue weighted by Gasteiger charge is -2.16. The van der Waals surface area contributed by atoms with Crippen LogP contribution in [0.3, 0.4) is 0 Å². The number of aromatic nitrogens is 2. The zero-order valence-electron chi connectivity index (χ0n) is 10.2. The first-order valence-electron chi connectivity index (χ1n) is 5.46. The molecule has 1 saturated heterocycles. The number of hydrogen-bond donors (Lipinski definition) is 1. The molecule has 0 bridgehead atoms. The molecular formula is C10H17N3O3S. The maximum Gasteiger partial charge on any atom is 0.232 e. The van der Waals surface area contributed by atoms with Gasteiger partial charge in [0.15, 0.2) is 15.7 Å². The molecule has 0 aliphatic carbocycles. The molecule has 2 rings (SSSR count). The predicted octanol–water partition coefficient (Wildman–Crippen LogP) is 0.340. The van der Waals surface area contributed by atoms with E-state index in [0.29, 0.717) is 18.1 Å². The first kappa shape index (κ1) is 12.5. The van der Waals surface area contributed by atoms with Crippen LogP contribution >= 0.6 is 0 Å². The standard InChI is InChI=1S/C10H17N3O3S/c1-9(2,3)8-12-7(13-16-8)10(11)4-5-17(14,15)6-10/h4-6,11H2,1-3H3. The predicted molar refractivity (Wildman–Crippen MR) is 62.1 cm³/mol. The number of sulfone groups is 1. The normalized spacial score (nSPS) is 28.5. The summed E-state index contributed by atoms with van der Waals surface area (Å²) in [7, 11) is -3.07. The molecule has 0 aromatic carbocycles. The van der Waals surface area contributed by atoms with Crippen LogP contribution in [0.2, 0.25) is 0 Å². The topological polar surface area (TPSA) is 99.1 Å². The largest absolute Gasteiger partial charge is 0.339 e. The molecule has 1 unspecified atom stereocenters. The van der Waals surface area contributed by atoms with Gasteiger partial charge in [0, 0.05) is 5.41 Å². The van der Waals surface area contributed by atoms with Crippen molar-refractivity contribution in [2.45, 2.75) is 38.1 Å². The molecule has 1 aromatic heterocycles. The van der Waals surface area contributed by atoms with Crippen LogP contribution in [0.1, 0.15) is 38.9 Å². The molecule has 0 amide bonds. The Balaban J connectivity index is 2.33. The van der Waals surface area contributed by atoms with Gasteiger partial charge in [-0.25, -0.2) is 8.42 Å². The highest BCUT2D eigenvalue weighted by Crippen LogP contribution is 2.30. The van der Waals surface area contributed by atoms with Gasteiger partial charge in [0.05, 0.1) is 17.0 Å². The van der Waals surface area contributed by atoms with Gasteiger partial charge in [-0.15, -0.1) is 0 Å². The number of nitrogens with two attached hydrogens (primary N) is 1. The van der Waals surface area contributed by atoms with Gasteiger partial charge in [-0.05, 0) is 6.42 Å². The Bertz CT molecular complexity index is 529. The van der Waals surface area contributed by atoms with E-state index >= 15 is 0 Å². The number of nitrogens with zero attached hydrogens (tertiary/aromatic N) is 2. The quantitative estimate of drug-likeness (QED) is 0.780. The van der Waals surface area contributed by atoms with E-state index in [-0.39, 0.29) is 16.9 Å². The average molecular weight is 259 g/mol. The summed E-state index contributed by atoms with van der Waals surface area (Å²) in [6.45, 7) is 5.83. The molecule has 1 atom stereocenters. The van der Waals surface area contributed by atoms with E-state index in [1.54, 1.807) is 0 Å². The Kier molecular flexibility index (Phi) is 2.59. The minimum absolute atomic E-state index is 0.0862. The van der Waals surface area contributed by atoms with Gasteiger partial charge < -0.3 is 10.3 Å². The van der Waals surface area contributed by atoms with Gasteiger partial charge in [0.1, 0.15) is 0 Å². The van der Waals surface area contributed by atoms with Gasteiger partial charge in [0.2, 0.25) is 5.89 Å². The van der Waals surface area contributed by atoms with Crippen molar-refractivity contribution in [2.75, 3.05) is 11.5 Å². The molecule has 2 heterocycles. The Hall–Kier alpha value is -0.950. The summed E-state index contributed by atoms with van der Waals surface area (Å²) < 4.78 is 28.1. The van der Waals surface area contributed by atoms with E-state index in [1.807, 2.05) is 20.8 Å². The second-order valence-corrected chi connectivity index (χ2v) is 7.86. The average Bonchev–Trinajstić information content (AvgIpc) is 2.70. The first-order chi connectivity index (χ1) is 7.62. The van der Waals surface area contributed by atoms with Crippen molar-refractivity contribution >= 4 is 9.84 Å². The third-order valence-corrected chi connectivity index (χ3v) is 4.63. The Morgan fingerprint density at radius 1 is 1.41 bits per heavy atom. The molecule has 1 aliphatic heterocycles. The molecule has 2 N–H and O–H groups in total. The lowest BCUT2D eigenvalue weighted by atomic mass is 9.96. The fraction of sp³-hybridized carbons (Fsp3) is 0.800. The lowest BCUT2D eigenvalue weighted by Crippen LogP contribution is -2.39. The van der Waals surface area contributed by atoms with Gasteiger partial charge in [-0.3, -0.25) is 0 Å². The minimum Gasteiger partial charge on any atom is -0.339 e. The number of rotatable bonds is 1. The summed E-state index contributed by atoms with van der Waals surface area (Å²) in [5.74, 6) is 0.747. The molecular weight excluding hydrogens is 242 g/mol. The van der Waals surface area contributed by atoms with Crippen molar-refractivity contribution in [1.82, 2.24) is 10.1 Å². The van der Waals surface area contributed by atoms with E-state index in [4.69, 9.17) is 10.3 Å². The molecule has 0 radical (unpaired) electrons. The molecule has 1 fully saturated rings. The highest BCUT2D eigenvalue weighted by Gasteiger charge is 2.44.